The molecule has 0 heterocycles. The molecule has 0 aromatic heterocycles. The number of rotatable bonds is 7. The van der Waals surface area contributed by atoms with Crippen LogP contribution in [-0.4, -0.2) is 31.6 Å². The van der Waals surface area contributed by atoms with E-state index in [0.717, 1.165) is 26.2 Å². The van der Waals surface area contributed by atoms with E-state index in [1.54, 1.807) is 0 Å². The SMILES string of the molecule is CCCNCCN(C)Cc1cccc2ccccc12. The molecule has 0 aliphatic carbocycles. The standard InChI is InChI=1S/C17H24N2/c1-3-11-18-12-13-19(2)14-16-9-6-8-15-7-4-5-10-17(15)16/h4-10,18H,3,11-14H2,1-2H3. The van der Waals surface area contributed by atoms with Crippen molar-refractivity contribution in [2.24, 2.45) is 0 Å². The quantitative estimate of drug-likeness (QED) is 0.765. The average Bonchev–Trinajstić information content (AvgIpc) is 2.44. The largest absolute Gasteiger partial charge is 0.315 e. The number of nitrogens with one attached hydrogen (secondary N) is 1. The van der Waals surface area contributed by atoms with Gasteiger partial charge in [-0.15, -0.1) is 0 Å². The molecule has 2 aromatic carbocycles. The van der Waals surface area contributed by atoms with Crippen LogP contribution in [0.5, 0.6) is 0 Å². The van der Waals surface area contributed by atoms with Gasteiger partial charge in [0.25, 0.3) is 0 Å². The second-order valence-corrected chi connectivity index (χ2v) is 5.13. The van der Waals surface area contributed by atoms with E-state index in [1.807, 2.05) is 0 Å². The van der Waals surface area contributed by atoms with Crippen molar-refractivity contribution in [3.05, 3.63) is 48.0 Å². The fourth-order valence-electron chi connectivity index (χ4n) is 2.37. The van der Waals surface area contributed by atoms with Crippen LogP contribution in [0.4, 0.5) is 0 Å². The topological polar surface area (TPSA) is 15.3 Å². The third-order valence-electron chi connectivity index (χ3n) is 3.42. The van der Waals surface area contributed by atoms with Crippen LogP contribution in [-0.2, 0) is 6.54 Å². The summed E-state index contributed by atoms with van der Waals surface area (Å²) in [4.78, 5) is 2.38. The van der Waals surface area contributed by atoms with Crippen molar-refractivity contribution in [1.29, 1.82) is 0 Å². The fourth-order valence-corrected chi connectivity index (χ4v) is 2.37. The molecule has 0 saturated carbocycles. The van der Waals surface area contributed by atoms with Crippen LogP contribution < -0.4 is 5.32 Å². The maximum absolute atomic E-state index is 3.45. The van der Waals surface area contributed by atoms with Gasteiger partial charge in [-0.2, -0.15) is 0 Å². The predicted molar refractivity (Wildman–Crippen MR) is 83.4 cm³/mol. The first-order valence-corrected chi connectivity index (χ1v) is 7.17. The molecule has 0 unspecified atom stereocenters. The Hall–Kier alpha value is -1.38. The highest BCUT2D eigenvalue weighted by molar-refractivity contribution is 5.85. The number of nitrogens with zero attached hydrogens (tertiary/aromatic N) is 1. The lowest BCUT2D eigenvalue weighted by Crippen LogP contribution is -2.29. The summed E-state index contributed by atoms with van der Waals surface area (Å²) >= 11 is 0. The normalized spacial score (nSPS) is 11.3. The first-order valence-electron chi connectivity index (χ1n) is 7.17. The fraction of sp³-hybridized carbons (Fsp3) is 0.412. The maximum Gasteiger partial charge on any atom is 0.0237 e. The Balaban J connectivity index is 1.97. The zero-order valence-electron chi connectivity index (χ0n) is 12.0. The number of hydrogen-bond acceptors (Lipinski definition) is 2. The molecule has 0 fully saturated rings. The first-order chi connectivity index (χ1) is 9.31. The molecular formula is C17H24N2. The van der Waals surface area contributed by atoms with E-state index >= 15 is 0 Å². The molecule has 19 heavy (non-hydrogen) atoms. The minimum Gasteiger partial charge on any atom is -0.315 e. The number of benzene rings is 2. The van der Waals surface area contributed by atoms with E-state index < -0.39 is 0 Å². The van der Waals surface area contributed by atoms with Crippen LogP contribution in [0, 0.1) is 0 Å². The summed E-state index contributed by atoms with van der Waals surface area (Å²) in [6, 6.07) is 15.2. The molecule has 0 aliphatic heterocycles. The number of fused-ring (bicyclic) bond motifs is 1. The average molecular weight is 256 g/mol. The molecule has 2 aromatic rings. The van der Waals surface area contributed by atoms with Gasteiger partial charge >= 0.3 is 0 Å². The maximum atomic E-state index is 3.45. The van der Waals surface area contributed by atoms with Crippen LogP contribution in [0.25, 0.3) is 10.8 Å². The summed E-state index contributed by atoms with van der Waals surface area (Å²) in [5.74, 6) is 0. The van der Waals surface area contributed by atoms with Gasteiger partial charge in [0.05, 0.1) is 0 Å². The van der Waals surface area contributed by atoms with Gasteiger partial charge in [-0.3, -0.25) is 0 Å². The van der Waals surface area contributed by atoms with Gasteiger partial charge in [-0.05, 0) is 36.3 Å². The molecule has 0 bridgehead atoms. The van der Waals surface area contributed by atoms with Crippen LogP contribution >= 0.6 is 0 Å². The van der Waals surface area contributed by atoms with Crippen molar-refractivity contribution in [2.75, 3.05) is 26.7 Å². The van der Waals surface area contributed by atoms with Gasteiger partial charge in [-0.1, -0.05) is 49.4 Å². The van der Waals surface area contributed by atoms with Gasteiger partial charge < -0.3 is 10.2 Å². The van der Waals surface area contributed by atoms with Gasteiger partial charge in [-0.25, -0.2) is 0 Å². The van der Waals surface area contributed by atoms with Crippen LogP contribution in [0.3, 0.4) is 0 Å². The van der Waals surface area contributed by atoms with Gasteiger partial charge in [0, 0.05) is 19.6 Å². The van der Waals surface area contributed by atoms with E-state index in [0.29, 0.717) is 0 Å². The van der Waals surface area contributed by atoms with Crippen LogP contribution in [0.1, 0.15) is 18.9 Å². The van der Waals surface area contributed by atoms with Crippen molar-refractivity contribution in [2.45, 2.75) is 19.9 Å². The van der Waals surface area contributed by atoms with Crippen LogP contribution in [0.2, 0.25) is 0 Å². The third kappa shape index (κ3) is 4.05. The summed E-state index contributed by atoms with van der Waals surface area (Å²) in [6.07, 6.45) is 1.20. The van der Waals surface area contributed by atoms with E-state index in [4.69, 9.17) is 0 Å². The summed E-state index contributed by atoms with van der Waals surface area (Å²) < 4.78 is 0. The summed E-state index contributed by atoms with van der Waals surface area (Å²) in [7, 11) is 2.19. The van der Waals surface area contributed by atoms with Crippen molar-refractivity contribution in [3.63, 3.8) is 0 Å². The van der Waals surface area contributed by atoms with Crippen molar-refractivity contribution >= 4 is 10.8 Å². The lowest BCUT2D eigenvalue weighted by Gasteiger charge is -2.18. The lowest BCUT2D eigenvalue weighted by atomic mass is 10.0. The Morgan fingerprint density at radius 1 is 1.00 bits per heavy atom. The number of hydrogen-bond donors (Lipinski definition) is 1. The Labute approximate surface area is 116 Å². The highest BCUT2D eigenvalue weighted by Crippen LogP contribution is 2.19. The molecule has 2 heteroatoms. The van der Waals surface area contributed by atoms with E-state index in [-0.39, 0.29) is 0 Å². The molecule has 0 radical (unpaired) electrons. The highest BCUT2D eigenvalue weighted by atomic mass is 15.1. The Morgan fingerprint density at radius 2 is 1.79 bits per heavy atom. The summed E-state index contributed by atoms with van der Waals surface area (Å²) in [5.41, 5.74) is 1.41. The summed E-state index contributed by atoms with van der Waals surface area (Å²) in [6.45, 7) is 6.47. The molecule has 0 aliphatic rings. The van der Waals surface area contributed by atoms with Crippen LogP contribution in [0.15, 0.2) is 42.5 Å². The van der Waals surface area contributed by atoms with E-state index in [2.05, 4.69) is 66.7 Å². The second kappa shape index (κ2) is 7.27. The summed E-state index contributed by atoms with van der Waals surface area (Å²) in [5, 5.41) is 6.15. The predicted octanol–water partition coefficient (Wildman–Crippen LogP) is 3.27. The molecular weight excluding hydrogens is 232 g/mol. The highest BCUT2D eigenvalue weighted by Gasteiger charge is 2.03. The minimum absolute atomic E-state index is 1.01. The smallest absolute Gasteiger partial charge is 0.0237 e. The van der Waals surface area contributed by atoms with Crippen molar-refractivity contribution in [1.82, 2.24) is 10.2 Å². The van der Waals surface area contributed by atoms with Gasteiger partial charge in [0.15, 0.2) is 0 Å². The number of likely N-dealkylation sites (N-methyl/N-ethyl adjacent to an activating group) is 1. The zero-order valence-corrected chi connectivity index (χ0v) is 12.0. The lowest BCUT2D eigenvalue weighted by molar-refractivity contribution is 0.326. The molecule has 2 nitrogen and oxygen atoms in total. The Morgan fingerprint density at radius 3 is 2.63 bits per heavy atom. The van der Waals surface area contributed by atoms with Crippen molar-refractivity contribution in [3.8, 4) is 0 Å². The van der Waals surface area contributed by atoms with E-state index in [1.165, 1.54) is 22.8 Å². The zero-order chi connectivity index (χ0) is 13.5. The van der Waals surface area contributed by atoms with Crippen molar-refractivity contribution < 1.29 is 0 Å². The first kappa shape index (κ1) is 14.0. The van der Waals surface area contributed by atoms with E-state index in [9.17, 15) is 0 Å². The second-order valence-electron chi connectivity index (χ2n) is 5.13. The van der Waals surface area contributed by atoms with Gasteiger partial charge in [0.1, 0.15) is 0 Å². The molecule has 1 N–H and O–H groups in total. The molecule has 102 valence electrons. The molecule has 0 amide bonds. The molecule has 0 spiro atoms. The third-order valence-corrected chi connectivity index (χ3v) is 3.42. The molecule has 0 atom stereocenters. The monoisotopic (exact) mass is 256 g/mol. The minimum atomic E-state index is 1.01. The molecule has 2 rings (SSSR count). The Bertz CT molecular complexity index is 502. The molecule has 0 saturated heterocycles. The van der Waals surface area contributed by atoms with Gasteiger partial charge in [0.2, 0.25) is 0 Å². The Kier molecular flexibility index (Phi) is 5.37.